The number of rotatable bonds is 4. The number of nitrogen functional groups attached to an aromatic ring is 1. The predicted octanol–water partition coefficient (Wildman–Crippen LogP) is 1.83. The van der Waals surface area contributed by atoms with Crippen molar-refractivity contribution >= 4 is 11.6 Å². The maximum absolute atomic E-state index is 5.67. The third-order valence-electron chi connectivity index (χ3n) is 1.70. The zero-order chi connectivity index (χ0) is 10.6. The normalized spacial score (nSPS) is 10.6. The van der Waals surface area contributed by atoms with Crippen molar-refractivity contribution in [3.63, 3.8) is 0 Å². The maximum atomic E-state index is 5.67. The maximum Gasteiger partial charge on any atom is 0.133 e. The van der Waals surface area contributed by atoms with Crippen LogP contribution in [0, 0.1) is 0 Å². The van der Waals surface area contributed by atoms with Crippen molar-refractivity contribution < 1.29 is 0 Å². The summed E-state index contributed by atoms with van der Waals surface area (Å²) in [5.74, 6) is 2.17. The van der Waals surface area contributed by atoms with Gasteiger partial charge in [-0.05, 0) is 20.3 Å². The van der Waals surface area contributed by atoms with Crippen LogP contribution in [0.25, 0.3) is 0 Å². The molecule has 1 aromatic rings. The fourth-order valence-corrected chi connectivity index (χ4v) is 1.22. The summed E-state index contributed by atoms with van der Waals surface area (Å²) in [6.45, 7) is 6.23. The van der Waals surface area contributed by atoms with Crippen LogP contribution in [0.2, 0.25) is 0 Å². The van der Waals surface area contributed by atoms with Crippen molar-refractivity contribution in [2.45, 2.75) is 39.7 Å². The highest BCUT2D eigenvalue weighted by molar-refractivity contribution is 5.45. The number of hydrogen-bond donors (Lipinski definition) is 2. The number of anilines is 2. The van der Waals surface area contributed by atoms with Crippen LogP contribution in [0.15, 0.2) is 6.07 Å². The minimum atomic E-state index is 0.360. The molecule has 0 saturated carbocycles. The van der Waals surface area contributed by atoms with Gasteiger partial charge in [0.05, 0.1) is 0 Å². The second-order valence-corrected chi connectivity index (χ2v) is 3.64. The van der Waals surface area contributed by atoms with Gasteiger partial charge in [-0.2, -0.15) is 0 Å². The first kappa shape index (κ1) is 10.8. The molecule has 78 valence electrons. The van der Waals surface area contributed by atoms with Gasteiger partial charge < -0.3 is 11.1 Å². The molecule has 0 amide bonds. The number of hydrogen-bond acceptors (Lipinski definition) is 4. The Morgan fingerprint density at radius 2 is 2.14 bits per heavy atom. The van der Waals surface area contributed by atoms with Crippen molar-refractivity contribution in [2.24, 2.45) is 0 Å². The van der Waals surface area contributed by atoms with Crippen LogP contribution in [-0.4, -0.2) is 16.0 Å². The Morgan fingerprint density at radius 3 is 2.71 bits per heavy atom. The van der Waals surface area contributed by atoms with Gasteiger partial charge >= 0.3 is 0 Å². The summed E-state index contributed by atoms with van der Waals surface area (Å²) in [6, 6.07) is 2.12. The van der Waals surface area contributed by atoms with E-state index in [9.17, 15) is 0 Å². The van der Waals surface area contributed by atoms with Crippen molar-refractivity contribution in [3.8, 4) is 0 Å². The lowest BCUT2D eigenvalue weighted by molar-refractivity contribution is 0.825. The van der Waals surface area contributed by atoms with Crippen LogP contribution >= 0.6 is 0 Å². The molecular formula is C10H18N4. The highest BCUT2D eigenvalue weighted by Crippen LogP contribution is 2.10. The molecule has 1 heterocycles. The highest BCUT2D eigenvalue weighted by Gasteiger charge is 2.02. The minimum Gasteiger partial charge on any atom is -0.384 e. The standard InChI is InChI=1S/C10H18N4/c1-4-5-9-13-8(11)6-10(14-9)12-7(2)3/h6-7H,4-5H2,1-3H3,(H3,11,12,13,14). The van der Waals surface area contributed by atoms with E-state index in [0.717, 1.165) is 24.5 Å². The van der Waals surface area contributed by atoms with Crippen molar-refractivity contribution in [1.82, 2.24) is 9.97 Å². The number of nitrogens with two attached hydrogens (primary N) is 1. The first-order chi connectivity index (χ1) is 6.61. The Morgan fingerprint density at radius 1 is 1.43 bits per heavy atom. The van der Waals surface area contributed by atoms with Gasteiger partial charge in [0.15, 0.2) is 0 Å². The third-order valence-corrected chi connectivity index (χ3v) is 1.70. The molecule has 0 fully saturated rings. The number of nitrogens with one attached hydrogen (secondary N) is 1. The first-order valence-electron chi connectivity index (χ1n) is 5.01. The van der Waals surface area contributed by atoms with Crippen molar-refractivity contribution in [3.05, 3.63) is 11.9 Å². The molecule has 0 aromatic carbocycles. The second kappa shape index (κ2) is 4.79. The largest absolute Gasteiger partial charge is 0.384 e. The Hall–Kier alpha value is -1.32. The zero-order valence-corrected chi connectivity index (χ0v) is 9.04. The molecule has 4 nitrogen and oxygen atoms in total. The van der Waals surface area contributed by atoms with Gasteiger partial charge in [-0.25, -0.2) is 9.97 Å². The van der Waals surface area contributed by atoms with Crippen LogP contribution in [0.1, 0.15) is 33.0 Å². The summed E-state index contributed by atoms with van der Waals surface area (Å²) >= 11 is 0. The van der Waals surface area contributed by atoms with Crippen LogP contribution < -0.4 is 11.1 Å². The van der Waals surface area contributed by atoms with Gasteiger partial charge in [-0.1, -0.05) is 6.92 Å². The van der Waals surface area contributed by atoms with E-state index in [1.165, 1.54) is 0 Å². The van der Waals surface area contributed by atoms with Crippen LogP contribution in [0.3, 0.4) is 0 Å². The fourth-order valence-electron chi connectivity index (χ4n) is 1.22. The summed E-state index contributed by atoms with van der Waals surface area (Å²) in [5, 5.41) is 3.21. The van der Waals surface area contributed by atoms with Gasteiger partial charge in [0, 0.05) is 18.5 Å². The van der Waals surface area contributed by atoms with Gasteiger partial charge in [0.1, 0.15) is 17.5 Å². The quantitative estimate of drug-likeness (QED) is 0.767. The van der Waals surface area contributed by atoms with Gasteiger partial charge in [0.2, 0.25) is 0 Å². The van der Waals surface area contributed by atoms with Crippen LogP contribution in [-0.2, 0) is 6.42 Å². The highest BCUT2D eigenvalue weighted by atomic mass is 15.1. The third kappa shape index (κ3) is 3.20. The van der Waals surface area contributed by atoms with E-state index in [-0.39, 0.29) is 0 Å². The molecular weight excluding hydrogens is 176 g/mol. The van der Waals surface area contributed by atoms with Crippen molar-refractivity contribution in [2.75, 3.05) is 11.1 Å². The Balaban J connectivity index is 2.83. The molecule has 0 spiro atoms. The van der Waals surface area contributed by atoms with Crippen LogP contribution in [0.4, 0.5) is 11.6 Å². The van der Waals surface area contributed by atoms with E-state index in [4.69, 9.17) is 5.73 Å². The molecule has 0 unspecified atom stereocenters. The Bertz CT molecular complexity index is 296. The topological polar surface area (TPSA) is 63.8 Å². The lowest BCUT2D eigenvalue weighted by Gasteiger charge is -2.10. The van der Waals surface area contributed by atoms with Crippen molar-refractivity contribution in [1.29, 1.82) is 0 Å². The van der Waals surface area contributed by atoms with Gasteiger partial charge in [-0.3, -0.25) is 0 Å². The molecule has 4 heteroatoms. The number of nitrogens with zero attached hydrogens (tertiary/aromatic N) is 2. The smallest absolute Gasteiger partial charge is 0.133 e. The number of aromatic nitrogens is 2. The SMILES string of the molecule is CCCc1nc(N)cc(NC(C)C)n1. The van der Waals surface area contributed by atoms with E-state index in [0.29, 0.717) is 11.9 Å². The summed E-state index contributed by atoms with van der Waals surface area (Å²) in [4.78, 5) is 8.52. The minimum absolute atomic E-state index is 0.360. The average Bonchev–Trinajstić information content (AvgIpc) is 2.01. The van der Waals surface area contributed by atoms with E-state index >= 15 is 0 Å². The Kier molecular flexibility index (Phi) is 3.68. The Labute approximate surface area is 85.0 Å². The molecule has 0 aliphatic rings. The van der Waals surface area contributed by atoms with E-state index in [2.05, 4.69) is 36.1 Å². The summed E-state index contributed by atoms with van der Waals surface area (Å²) < 4.78 is 0. The molecule has 3 N–H and O–H groups in total. The molecule has 14 heavy (non-hydrogen) atoms. The average molecular weight is 194 g/mol. The van der Waals surface area contributed by atoms with Gasteiger partial charge in [-0.15, -0.1) is 0 Å². The zero-order valence-electron chi connectivity index (χ0n) is 9.04. The molecule has 0 aliphatic heterocycles. The lowest BCUT2D eigenvalue weighted by atomic mass is 10.3. The molecule has 0 bridgehead atoms. The fraction of sp³-hybridized carbons (Fsp3) is 0.600. The van der Waals surface area contributed by atoms with E-state index < -0.39 is 0 Å². The molecule has 0 radical (unpaired) electrons. The monoisotopic (exact) mass is 194 g/mol. The lowest BCUT2D eigenvalue weighted by Crippen LogP contribution is -2.13. The molecule has 1 aromatic heterocycles. The molecule has 0 atom stereocenters. The number of aryl methyl sites for hydroxylation is 1. The van der Waals surface area contributed by atoms with E-state index in [1.54, 1.807) is 6.07 Å². The molecule has 1 rings (SSSR count). The van der Waals surface area contributed by atoms with Crippen LogP contribution in [0.5, 0.6) is 0 Å². The summed E-state index contributed by atoms with van der Waals surface area (Å²) in [5.41, 5.74) is 5.67. The van der Waals surface area contributed by atoms with E-state index in [1.807, 2.05) is 0 Å². The van der Waals surface area contributed by atoms with Gasteiger partial charge in [0.25, 0.3) is 0 Å². The summed E-state index contributed by atoms with van der Waals surface area (Å²) in [7, 11) is 0. The molecule has 0 aliphatic carbocycles. The second-order valence-electron chi connectivity index (χ2n) is 3.64. The first-order valence-corrected chi connectivity index (χ1v) is 5.01. The summed E-state index contributed by atoms with van der Waals surface area (Å²) in [6.07, 6.45) is 1.91. The molecule has 0 saturated heterocycles. The predicted molar refractivity (Wildman–Crippen MR) is 59.2 cm³/mol.